The van der Waals surface area contributed by atoms with E-state index in [1.165, 1.54) is 6.42 Å². The van der Waals surface area contributed by atoms with Crippen LogP contribution in [-0.4, -0.2) is 17.5 Å². The maximum atomic E-state index is 12.0. The van der Waals surface area contributed by atoms with Crippen molar-refractivity contribution in [2.45, 2.75) is 44.7 Å². The fourth-order valence-electron chi connectivity index (χ4n) is 2.21. The van der Waals surface area contributed by atoms with E-state index in [4.69, 9.17) is 0 Å². The van der Waals surface area contributed by atoms with E-state index >= 15 is 0 Å². The second kappa shape index (κ2) is 4.88. The molecule has 1 aromatic carbocycles. The van der Waals surface area contributed by atoms with Crippen molar-refractivity contribution >= 4 is 11.6 Å². The van der Waals surface area contributed by atoms with Gasteiger partial charge >= 0.3 is 0 Å². The number of rotatable bonds is 4. The molecular formula is C14H20N2O. The van der Waals surface area contributed by atoms with E-state index in [1.807, 2.05) is 37.3 Å². The Morgan fingerprint density at radius 1 is 1.29 bits per heavy atom. The van der Waals surface area contributed by atoms with Gasteiger partial charge in [-0.3, -0.25) is 4.79 Å². The molecule has 0 aromatic heterocycles. The third kappa shape index (κ3) is 3.07. The van der Waals surface area contributed by atoms with E-state index < -0.39 is 0 Å². The Morgan fingerprint density at radius 3 is 2.47 bits per heavy atom. The number of nitrogens with one attached hydrogen (secondary N) is 2. The molecule has 0 aliphatic heterocycles. The van der Waals surface area contributed by atoms with Gasteiger partial charge in [-0.15, -0.1) is 0 Å². The second-order valence-electron chi connectivity index (χ2n) is 5.14. The van der Waals surface area contributed by atoms with Crippen LogP contribution in [0.5, 0.6) is 0 Å². The van der Waals surface area contributed by atoms with Gasteiger partial charge in [0.05, 0.1) is 6.04 Å². The maximum Gasteiger partial charge on any atom is 0.241 e. The minimum Gasteiger partial charge on any atom is -0.325 e. The van der Waals surface area contributed by atoms with Crippen LogP contribution in [0.2, 0.25) is 0 Å². The molecule has 92 valence electrons. The zero-order valence-corrected chi connectivity index (χ0v) is 10.5. The lowest BCUT2D eigenvalue weighted by Gasteiger charge is -2.41. The Kier molecular flexibility index (Phi) is 3.48. The third-order valence-electron chi connectivity index (χ3n) is 3.46. The number of carbonyl (C=O) groups is 1. The molecule has 1 atom stereocenters. The predicted molar refractivity (Wildman–Crippen MR) is 69.9 cm³/mol. The Labute approximate surface area is 103 Å². The highest BCUT2D eigenvalue weighted by Crippen LogP contribution is 2.31. The summed E-state index contributed by atoms with van der Waals surface area (Å²) in [5.74, 6) is 0.0318. The fourth-order valence-corrected chi connectivity index (χ4v) is 2.21. The third-order valence-corrected chi connectivity index (χ3v) is 3.46. The molecule has 1 fully saturated rings. The highest BCUT2D eigenvalue weighted by molar-refractivity contribution is 5.94. The number of hydrogen-bond acceptors (Lipinski definition) is 2. The van der Waals surface area contributed by atoms with Crippen molar-refractivity contribution in [1.82, 2.24) is 5.32 Å². The Balaban J connectivity index is 1.87. The van der Waals surface area contributed by atoms with Gasteiger partial charge in [0.1, 0.15) is 0 Å². The molecule has 1 aromatic rings. The van der Waals surface area contributed by atoms with Crippen molar-refractivity contribution in [1.29, 1.82) is 0 Å². The summed E-state index contributed by atoms with van der Waals surface area (Å²) in [5, 5.41) is 6.31. The summed E-state index contributed by atoms with van der Waals surface area (Å²) in [5.41, 5.74) is 1.01. The van der Waals surface area contributed by atoms with Crippen LogP contribution in [0.3, 0.4) is 0 Å². The normalized spacial score (nSPS) is 19.2. The first-order valence-corrected chi connectivity index (χ1v) is 6.23. The number of carbonyl (C=O) groups excluding carboxylic acids is 1. The fraction of sp³-hybridized carbons (Fsp3) is 0.500. The van der Waals surface area contributed by atoms with Crippen molar-refractivity contribution in [3.8, 4) is 0 Å². The van der Waals surface area contributed by atoms with Gasteiger partial charge < -0.3 is 10.6 Å². The Hall–Kier alpha value is -1.35. The molecular weight excluding hydrogens is 212 g/mol. The van der Waals surface area contributed by atoms with Gasteiger partial charge in [-0.1, -0.05) is 18.2 Å². The second-order valence-corrected chi connectivity index (χ2v) is 5.14. The highest BCUT2D eigenvalue weighted by atomic mass is 16.2. The molecule has 0 bridgehead atoms. The zero-order chi connectivity index (χ0) is 12.3. The molecule has 0 spiro atoms. The summed E-state index contributed by atoms with van der Waals surface area (Å²) in [6, 6.07) is 9.42. The highest BCUT2D eigenvalue weighted by Gasteiger charge is 2.33. The molecule has 1 aliphatic carbocycles. The maximum absolute atomic E-state index is 12.0. The largest absolute Gasteiger partial charge is 0.325 e. The molecule has 17 heavy (non-hydrogen) atoms. The number of benzene rings is 1. The van der Waals surface area contributed by atoms with Crippen molar-refractivity contribution in [3.63, 3.8) is 0 Å². The van der Waals surface area contributed by atoms with E-state index in [0.717, 1.165) is 18.5 Å². The number of hydrogen-bond donors (Lipinski definition) is 2. The van der Waals surface area contributed by atoms with Gasteiger partial charge in [-0.25, -0.2) is 0 Å². The number of anilines is 1. The van der Waals surface area contributed by atoms with Gasteiger partial charge in [0.25, 0.3) is 0 Å². The topological polar surface area (TPSA) is 41.1 Å². The average Bonchev–Trinajstić information content (AvgIpc) is 2.28. The van der Waals surface area contributed by atoms with Crippen LogP contribution >= 0.6 is 0 Å². The molecule has 0 radical (unpaired) electrons. The molecule has 2 rings (SSSR count). The van der Waals surface area contributed by atoms with Crippen molar-refractivity contribution in [3.05, 3.63) is 30.3 Å². The van der Waals surface area contributed by atoms with Crippen LogP contribution in [-0.2, 0) is 4.79 Å². The Morgan fingerprint density at radius 2 is 1.94 bits per heavy atom. The van der Waals surface area contributed by atoms with Gasteiger partial charge in [0, 0.05) is 11.2 Å². The van der Waals surface area contributed by atoms with E-state index in [0.29, 0.717) is 0 Å². The molecule has 2 N–H and O–H groups in total. The predicted octanol–water partition coefficient (Wildman–Crippen LogP) is 2.55. The van der Waals surface area contributed by atoms with Crippen molar-refractivity contribution in [2.75, 3.05) is 5.32 Å². The first-order valence-electron chi connectivity index (χ1n) is 6.23. The minimum absolute atomic E-state index is 0.0318. The molecule has 1 amide bonds. The number of para-hydroxylation sites is 1. The monoisotopic (exact) mass is 232 g/mol. The molecule has 1 saturated carbocycles. The van der Waals surface area contributed by atoms with Crippen molar-refractivity contribution < 1.29 is 4.79 Å². The summed E-state index contributed by atoms with van der Waals surface area (Å²) >= 11 is 0. The van der Waals surface area contributed by atoms with Crippen LogP contribution in [0, 0.1) is 0 Å². The summed E-state index contributed by atoms with van der Waals surface area (Å²) in [4.78, 5) is 12.0. The molecule has 1 aliphatic rings. The van der Waals surface area contributed by atoms with Crippen LogP contribution in [0.25, 0.3) is 0 Å². The molecule has 0 heterocycles. The van der Waals surface area contributed by atoms with Gasteiger partial charge in [-0.05, 0) is 45.2 Å². The lowest BCUT2D eigenvalue weighted by Crippen LogP contribution is -2.55. The van der Waals surface area contributed by atoms with Crippen molar-refractivity contribution in [2.24, 2.45) is 0 Å². The van der Waals surface area contributed by atoms with Gasteiger partial charge in [0.15, 0.2) is 0 Å². The first kappa shape index (κ1) is 12.1. The SMILES string of the molecule is CC(NC1(C)CCC1)C(=O)Nc1ccccc1. The standard InChI is InChI=1S/C14H20N2O/c1-11(16-14(2)9-6-10-14)13(17)15-12-7-4-3-5-8-12/h3-5,7-8,11,16H,6,9-10H2,1-2H3,(H,15,17). The number of amides is 1. The van der Waals surface area contributed by atoms with Crippen LogP contribution < -0.4 is 10.6 Å². The van der Waals surface area contributed by atoms with Gasteiger partial charge in [-0.2, -0.15) is 0 Å². The lowest BCUT2D eigenvalue weighted by molar-refractivity contribution is -0.118. The smallest absolute Gasteiger partial charge is 0.241 e. The molecule has 3 nitrogen and oxygen atoms in total. The van der Waals surface area contributed by atoms with Gasteiger partial charge in [0.2, 0.25) is 5.91 Å². The van der Waals surface area contributed by atoms with E-state index in [-0.39, 0.29) is 17.5 Å². The summed E-state index contributed by atoms with van der Waals surface area (Å²) in [6.45, 7) is 4.10. The lowest BCUT2D eigenvalue weighted by atomic mass is 9.78. The van der Waals surface area contributed by atoms with Crippen LogP contribution in [0.15, 0.2) is 30.3 Å². The quantitative estimate of drug-likeness (QED) is 0.837. The average molecular weight is 232 g/mol. The molecule has 3 heteroatoms. The van der Waals surface area contributed by atoms with Crippen LogP contribution in [0.1, 0.15) is 33.1 Å². The minimum atomic E-state index is -0.152. The van der Waals surface area contributed by atoms with Crippen LogP contribution in [0.4, 0.5) is 5.69 Å². The summed E-state index contributed by atoms with van der Waals surface area (Å²) < 4.78 is 0. The van der Waals surface area contributed by atoms with E-state index in [1.54, 1.807) is 0 Å². The summed E-state index contributed by atoms with van der Waals surface area (Å²) in [7, 11) is 0. The molecule has 1 unspecified atom stereocenters. The first-order chi connectivity index (χ1) is 8.09. The van der Waals surface area contributed by atoms with E-state index in [9.17, 15) is 4.79 Å². The zero-order valence-electron chi connectivity index (χ0n) is 10.5. The summed E-state index contributed by atoms with van der Waals surface area (Å²) in [6.07, 6.45) is 3.59. The molecule has 0 saturated heterocycles. The van der Waals surface area contributed by atoms with E-state index in [2.05, 4.69) is 17.6 Å². The Bertz CT molecular complexity index is 384.